The molecule has 0 spiro atoms. The quantitative estimate of drug-likeness (QED) is 0.226. The normalized spacial score (nSPS) is 11.4. The molecule has 1 radical (unpaired) electrons. The molecule has 1 aromatic heterocycles. The van der Waals surface area contributed by atoms with E-state index < -0.39 is 0 Å². The van der Waals surface area contributed by atoms with Gasteiger partial charge in [-0.05, 0) is 34.0 Å². The Balaban J connectivity index is 0.00000160. The zero-order chi connectivity index (χ0) is 17.1. The van der Waals surface area contributed by atoms with Gasteiger partial charge in [-0.3, -0.25) is 4.98 Å². The van der Waals surface area contributed by atoms with E-state index in [1.54, 1.807) is 0 Å². The van der Waals surface area contributed by atoms with E-state index in [0.29, 0.717) is 0 Å². The maximum absolute atomic E-state index is 5.01. The fourth-order valence-corrected chi connectivity index (χ4v) is 4.18. The summed E-state index contributed by atoms with van der Waals surface area (Å²) in [4.78, 5) is 5.01. The van der Waals surface area contributed by atoms with Crippen LogP contribution in [0.15, 0.2) is 84.9 Å². The molecular formula is C25H14IrN-. The van der Waals surface area contributed by atoms with Crippen LogP contribution in [0.1, 0.15) is 0 Å². The van der Waals surface area contributed by atoms with Crippen molar-refractivity contribution in [2.45, 2.75) is 0 Å². The second-order valence-electron chi connectivity index (χ2n) is 6.74. The van der Waals surface area contributed by atoms with Gasteiger partial charge in [0.15, 0.2) is 0 Å². The predicted molar refractivity (Wildman–Crippen MR) is 108 cm³/mol. The molecule has 27 heavy (non-hydrogen) atoms. The van der Waals surface area contributed by atoms with E-state index in [1.165, 1.54) is 38.4 Å². The van der Waals surface area contributed by atoms with Crippen molar-refractivity contribution in [3.05, 3.63) is 91.0 Å². The molecule has 0 bridgehead atoms. The Morgan fingerprint density at radius 1 is 0.667 bits per heavy atom. The van der Waals surface area contributed by atoms with E-state index in [4.69, 9.17) is 4.98 Å². The first-order valence-corrected chi connectivity index (χ1v) is 8.83. The van der Waals surface area contributed by atoms with Crippen molar-refractivity contribution < 1.29 is 20.1 Å². The van der Waals surface area contributed by atoms with Gasteiger partial charge in [0, 0.05) is 25.5 Å². The number of nitrogens with zero attached hydrogens (tertiary/aromatic N) is 1. The van der Waals surface area contributed by atoms with Crippen LogP contribution in [-0.2, 0) is 20.1 Å². The largest absolute Gasteiger partial charge is 0.296 e. The summed E-state index contributed by atoms with van der Waals surface area (Å²) in [7, 11) is 0. The summed E-state index contributed by atoms with van der Waals surface area (Å²) in [6.07, 6.45) is 0. The number of fused-ring (bicyclic) bond motifs is 4. The number of benzene rings is 4. The molecule has 5 aromatic rings. The third-order valence-electron chi connectivity index (χ3n) is 5.32. The van der Waals surface area contributed by atoms with Crippen molar-refractivity contribution in [2.75, 3.05) is 0 Å². The molecular weight excluding hydrogens is 506 g/mol. The Hall–Kier alpha value is -2.80. The van der Waals surface area contributed by atoms with E-state index >= 15 is 0 Å². The van der Waals surface area contributed by atoms with E-state index in [2.05, 4.69) is 84.9 Å². The second kappa shape index (κ2) is 6.13. The van der Waals surface area contributed by atoms with Gasteiger partial charge in [-0.25, -0.2) is 0 Å². The fourth-order valence-electron chi connectivity index (χ4n) is 4.18. The molecule has 1 nitrogen and oxygen atoms in total. The van der Waals surface area contributed by atoms with Crippen molar-refractivity contribution in [1.82, 2.24) is 4.98 Å². The Labute approximate surface area is 171 Å². The molecule has 0 amide bonds. The minimum atomic E-state index is 0. The minimum Gasteiger partial charge on any atom is -0.296 e. The number of aromatic nitrogens is 1. The summed E-state index contributed by atoms with van der Waals surface area (Å²) < 4.78 is 0. The SMILES string of the molecule is [Ir].[c-]1ccc2ccccc2c1-c1cc2c3c(cccc3n1)-c1ccccc1-2. The maximum atomic E-state index is 5.01. The van der Waals surface area contributed by atoms with Crippen molar-refractivity contribution in [3.63, 3.8) is 0 Å². The summed E-state index contributed by atoms with van der Waals surface area (Å²) in [5.41, 5.74) is 8.25. The van der Waals surface area contributed by atoms with Gasteiger partial charge >= 0.3 is 0 Å². The van der Waals surface area contributed by atoms with Crippen molar-refractivity contribution >= 4 is 21.7 Å². The number of pyridine rings is 1. The van der Waals surface area contributed by atoms with Gasteiger partial charge in [-0.1, -0.05) is 72.1 Å². The average Bonchev–Trinajstić information content (AvgIpc) is 3.03. The summed E-state index contributed by atoms with van der Waals surface area (Å²) in [5.74, 6) is 0. The van der Waals surface area contributed by atoms with E-state index in [-0.39, 0.29) is 20.1 Å². The first-order valence-electron chi connectivity index (χ1n) is 8.83. The van der Waals surface area contributed by atoms with Crippen LogP contribution in [-0.4, -0.2) is 4.98 Å². The molecule has 1 aliphatic carbocycles. The standard InChI is InChI=1S/C25H14N.Ir/c1-2-9-17-16(7-1)8-5-12-20(17)24-15-22-19-11-4-3-10-18(19)21-13-6-14-23(26-24)25(21)22;/h1-11,13-15H;/q-1;. The minimum absolute atomic E-state index is 0. The molecule has 4 aromatic carbocycles. The molecule has 0 saturated heterocycles. The summed E-state index contributed by atoms with van der Waals surface area (Å²) >= 11 is 0. The van der Waals surface area contributed by atoms with Gasteiger partial charge in [0.2, 0.25) is 0 Å². The maximum Gasteiger partial charge on any atom is 0.0607 e. The Morgan fingerprint density at radius 2 is 1.41 bits per heavy atom. The van der Waals surface area contributed by atoms with E-state index in [9.17, 15) is 0 Å². The molecule has 2 heteroatoms. The molecule has 0 fully saturated rings. The molecule has 1 heterocycles. The zero-order valence-electron chi connectivity index (χ0n) is 14.4. The Morgan fingerprint density at radius 3 is 2.30 bits per heavy atom. The number of hydrogen-bond acceptors (Lipinski definition) is 1. The van der Waals surface area contributed by atoms with Crippen molar-refractivity contribution in [1.29, 1.82) is 0 Å². The molecule has 0 atom stereocenters. The monoisotopic (exact) mass is 521 g/mol. The van der Waals surface area contributed by atoms with Crippen molar-refractivity contribution in [3.8, 4) is 33.5 Å². The van der Waals surface area contributed by atoms with Crippen LogP contribution < -0.4 is 0 Å². The van der Waals surface area contributed by atoms with E-state index in [0.717, 1.165) is 16.8 Å². The summed E-state index contributed by atoms with van der Waals surface area (Å²) in [5, 5.41) is 3.67. The average molecular weight is 521 g/mol. The fraction of sp³-hybridized carbons (Fsp3) is 0. The van der Waals surface area contributed by atoms with Gasteiger partial charge < -0.3 is 0 Å². The molecule has 6 rings (SSSR count). The van der Waals surface area contributed by atoms with Crippen LogP contribution in [0.2, 0.25) is 0 Å². The number of hydrogen-bond donors (Lipinski definition) is 0. The topological polar surface area (TPSA) is 12.9 Å². The van der Waals surface area contributed by atoms with Gasteiger partial charge in [0.05, 0.1) is 5.52 Å². The molecule has 1 aliphatic rings. The van der Waals surface area contributed by atoms with E-state index in [1.807, 2.05) is 6.07 Å². The molecule has 0 unspecified atom stereocenters. The second-order valence-corrected chi connectivity index (χ2v) is 6.74. The van der Waals surface area contributed by atoms with Crippen LogP contribution in [0, 0.1) is 6.07 Å². The first kappa shape index (κ1) is 16.4. The van der Waals surface area contributed by atoms with Crippen LogP contribution in [0.25, 0.3) is 55.2 Å². The van der Waals surface area contributed by atoms with Gasteiger partial charge in [0.1, 0.15) is 0 Å². The smallest absolute Gasteiger partial charge is 0.0607 e. The van der Waals surface area contributed by atoms with Crippen LogP contribution >= 0.6 is 0 Å². The van der Waals surface area contributed by atoms with Crippen LogP contribution in [0.5, 0.6) is 0 Å². The predicted octanol–water partition coefficient (Wildman–Crippen LogP) is 6.50. The van der Waals surface area contributed by atoms with Crippen LogP contribution in [0.3, 0.4) is 0 Å². The van der Waals surface area contributed by atoms with Crippen molar-refractivity contribution in [2.24, 2.45) is 0 Å². The van der Waals surface area contributed by atoms with Crippen LogP contribution in [0.4, 0.5) is 0 Å². The molecule has 0 N–H and O–H groups in total. The zero-order valence-corrected chi connectivity index (χ0v) is 16.8. The summed E-state index contributed by atoms with van der Waals surface area (Å²) in [6.45, 7) is 0. The van der Waals surface area contributed by atoms with Gasteiger partial charge in [0.25, 0.3) is 0 Å². The molecule has 0 saturated carbocycles. The van der Waals surface area contributed by atoms with Gasteiger partial charge in [-0.2, -0.15) is 0 Å². The summed E-state index contributed by atoms with van der Waals surface area (Å²) in [6, 6.07) is 33.2. The Bertz CT molecular complexity index is 1330. The molecule has 129 valence electrons. The third-order valence-corrected chi connectivity index (χ3v) is 5.32. The third kappa shape index (κ3) is 2.31. The van der Waals surface area contributed by atoms with Gasteiger partial charge in [-0.15, -0.1) is 29.1 Å². The first-order chi connectivity index (χ1) is 12.9. The number of rotatable bonds is 1. The Kier molecular flexibility index (Phi) is 3.72. The molecule has 0 aliphatic heterocycles.